The van der Waals surface area contributed by atoms with E-state index in [-0.39, 0.29) is 48.7 Å². The molecule has 0 aliphatic carbocycles. The number of esters is 4. The van der Waals surface area contributed by atoms with E-state index >= 15 is 0 Å². The molecule has 0 aliphatic heterocycles. The standard InChI is InChI=1S/C32H28N2O8S/c1-21(2)29(35)39-13-15-41-31(37)25(19-33)17-23-5-9-27(10-6-23)43-28-11-7-24(8-12-28)18-26(20-34)32(38)42-16-14-40-30(36)22(3)4/h5-12,17-18H,1,3,13-16H2,2,4H3/b25-17+,26-18+. The number of carbonyl (C=O) groups excluding carboxylic acids is 4. The molecule has 0 amide bonds. The quantitative estimate of drug-likeness (QED) is 0.0949. The van der Waals surface area contributed by atoms with Gasteiger partial charge in [-0.25, -0.2) is 19.2 Å². The molecule has 0 fully saturated rings. The van der Waals surface area contributed by atoms with E-state index in [1.54, 1.807) is 24.3 Å². The summed E-state index contributed by atoms with van der Waals surface area (Å²) in [6.45, 7) is 9.20. The molecule has 0 aromatic heterocycles. The molecule has 10 nitrogen and oxygen atoms in total. The summed E-state index contributed by atoms with van der Waals surface area (Å²) in [6.07, 6.45) is 2.79. The van der Waals surface area contributed by atoms with Crippen LogP contribution in [0.15, 0.2) is 93.8 Å². The molecule has 0 heterocycles. The fraction of sp³-hybridized carbons (Fsp3) is 0.188. The van der Waals surface area contributed by atoms with Crippen LogP contribution >= 0.6 is 11.8 Å². The van der Waals surface area contributed by atoms with E-state index in [0.29, 0.717) is 11.1 Å². The third kappa shape index (κ3) is 11.9. The minimum absolute atomic E-state index is 0.151. The maximum atomic E-state index is 12.2. The van der Waals surface area contributed by atoms with Gasteiger partial charge in [0.15, 0.2) is 0 Å². The number of hydrogen-bond acceptors (Lipinski definition) is 11. The highest BCUT2D eigenvalue weighted by molar-refractivity contribution is 7.99. The fourth-order valence-electron chi connectivity index (χ4n) is 2.95. The van der Waals surface area contributed by atoms with Crippen LogP contribution in [-0.4, -0.2) is 50.3 Å². The number of ether oxygens (including phenoxy) is 4. The molecule has 2 rings (SSSR count). The third-order valence-corrected chi connectivity index (χ3v) is 6.11. The van der Waals surface area contributed by atoms with Gasteiger partial charge in [-0.3, -0.25) is 0 Å². The summed E-state index contributed by atoms with van der Waals surface area (Å²) < 4.78 is 19.7. The summed E-state index contributed by atoms with van der Waals surface area (Å²) in [4.78, 5) is 48.8. The Hall–Kier alpha value is -5.39. The minimum Gasteiger partial charge on any atom is -0.459 e. The van der Waals surface area contributed by atoms with Gasteiger partial charge in [0.2, 0.25) is 0 Å². The first-order valence-corrected chi connectivity index (χ1v) is 13.5. The van der Waals surface area contributed by atoms with Crippen molar-refractivity contribution in [2.24, 2.45) is 0 Å². The zero-order chi connectivity index (χ0) is 31.8. The van der Waals surface area contributed by atoms with Crippen LogP contribution in [0.4, 0.5) is 0 Å². The highest BCUT2D eigenvalue weighted by Gasteiger charge is 2.13. The summed E-state index contributed by atoms with van der Waals surface area (Å²) in [5, 5.41) is 18.7. The van der Waals surface area contributed by atoms with Crippen molar-refractivity contribution in [1.82, 2.24) is 0 Å². The van der Waals surface area contributed by atoms with Crippen LogP contribution in [0.2, 0.25) is 0 Å². The summed E-state index contributed by atoms with van der Waals surface area (Å²) in [7, 11) is 0. The van der Waals surface area contributed by atoms with Crippen molar-refractivity contribution in [1.29, 1.82) is 10.5 Å². The molecule has 0 N–H and O–H groups in total. The van der Waals surface area contributed by atoms with E-state index in [1.807, 2.05) is 36.4 Å². The second-order valence-corrected chi connectivity index (χ2v) is 9.83. The van der Waals surface area contributed by atoms with Gasteiger partial charge in [-0.2, -0.15) is 10.5 Å². The largest absolute Gasteiger partial charge is 0.459 e. The van der Waals surface area contributed by atoms with E-state index in [2.05, 4.69) is 13.2 Å². The molecule has 0 bridgehead atoms. The SMILES string of the molecule is C=C(C)C(=O)OCCOC(=O)/C(C#N)=C/c1ccc(Sc2ccc(/C=C(\C#N)C(=O)OCCOC(=O)C(=C)C)cc2)cc1. The third-order valence-electron chi connectivity index (χ3n) is 5.09. The molecule has 0 atom stereocenters. The summed E-state index contributed by atoms with van der Waals surface area (Å²) in [5.41, 5.74) is 1.25. The van der Waals surface area contributed by atoms with Gasteiger partial charge < -0.3 is 18.9 Å². The molecule has 0 radical (unpaired) electrons. The molecule has 11 heteroatoms. The fourth-order valence-corrected chi connectivity index (χ4v) is 3.76. The first kappa shape index (κ1) is 33.8. The predicted octanol–water partition coefficient (Wildman–Crippen LogP) is 4.98. The van der Waals surface area contributed by atoms with Crippen molar-refractivity contribution in [2.75, 3.05) is 26.4 Å². The second kappa shape index (κ2) is 17.4. The zero-order valence-corrected chi connectivity index (χ0v) is 24.4. The van der Waals surface area contributed by atoms with Gasteiger partial charge in [-0.05, 0) is 61.4 Å². The van der Waals surface area contributed by atoms with Crippen molar-refractivity contribution < 1.29 is 38.1 Å². The normalized spacial score (nSPS) is 10.9. The molecular weight excluding hydrogens is 572 g/mol. The lowest BCUT2D eigenvalue weighted by molar-refractivity contribution is -0.147. The first-order chi connectivity index (χ1) is 20.5. The molecule has 0 saturated heterocycles. The molecule has 2 aromatic carbocycles. The Kier molecular flexibility index (Phi) is 13.7. The van der Waals surface area contributed by atoms with Crippen molar-refractivity contribution in [3.63, 3.8) is 0 Å². The first-order valence-electron chi connectivity index (χ1n) is 12.6. The maximum absolute atomic E-state index is 12.2. The van der Waals surface area contributed by atoms with Crippen LogP contribution in [0.25, 0.3) is 12.2 Å². The molecule has 0 spiro atoms. The molecule has 0 unspecified atom stereocenters. The lowest BCUT2D eigenvalue weighted by Gasteiger charge is -2.06. The smallest absolute Gasteiger partial charge is 0.349 e. The highest BCUT2D eigenvalue weighted by atomic mass is 32.2. The number of carbonyl (C=O) groups is 4. The summed E-state index contributed by atoms with van der Waals surface area (Å²) in [5.74, 6) is -2.86. The highest BCUT2D eigenvalue weighted by Crippen LogP contribution is 2.28. The van der Waals surface area contributed by atoms with Crippen LogP contribution in [0, 0.1) is 22.7 Å². The topological polar surface area (TPSA) is 153 Å². The number of hydrogen-bond donors (Lipinski definition) is 0. The number of benzene rings is 2. The van der Waals surface area contributed by atoms with Gasteiger partial charge >= 0.3 is 23.9 Å². The Bertz CT molecular complexity index is 1410. The van der Waals surface area contributed by atoms with Gasteiger partial charge in [0.1, 0.15) is 49.7 Å². The van der Waals surface area contributed by atoms with Crippen molar-refractivity contribution in [3.8, 4) is 12.1 Å². The van der Waals surface area contributed by atoms with Gasteiger partial charge in [-0.15, -0.1) is 0 Å². The van der Waals surface area contributed by atoms with E-state index in [4.69, 9.17) is 18.9 Å². The average molecular weight is 601 g/mol. The van der Waals surface area contributed by atoms with Crippen LogP contribution < -0.4 is 0 Å². The van der Waals surface area contributed by atoms with Crippen molar-refractivity contribution >= 4 is 47.8 Å². The lowest BCUT2D eigenvalue weighted by atomic mass is 10.1. The Morgan fingerprint density at radius 2 is 0.930 bits per heavy atom. The van der Waals surface area contributed by atoms with Gasteiger partial charge in [0.25, 0.3) is 0 Å². The molecule has 2 aromatic rings. The van der Waals surface area contributed by atoms with Crippen LogP contribution in [0.5, 0.6) is 0 Å². The Balaban J connectivity index is 1.93. The van der Waals surface area contributed by atoms with E-state index < -0.39 is 23.9 Å². The van der Waals surface area contributed by atoms with Crippen molar-refractivity contribution in [2.45, 2.75) is 23.6 Å². The number of nitriles is 2. The Morgan fingerprint density at radius 3 is 1.21 bits per heavy atom. The second-order valence-electron chi connectivity index (χ2n) is 8.68. The summed E-state index contributed by atoms with van der Waals surface area (Å²) in [6, 6.07) is 17.8. The van der Waals surface area contributed by atoms with Gasteiger partial charge in [0.05, 0.1) is 0 Å². The molecular formula is C32H28N2O8S. The Morgan fingerprint density at radius 1 is 0.628 bits per heavy atom. The number of rotatable bonds is 14. The van der Waals surface area contributed by atoms with Crippen LogP contribution in [-0.2, 0) is 38.1 Å². The molecule has 0 saturated carbocycles. The van der Waals surface area contributed by atoms with E-state index in [1.165, 1.54) is 37.8 Å². The predicted molar refractivity (Wildman–Crippen MR) is 158 cm³/mol. The average Bonchev–Trinajstić information content (AvgIpc) is 2.99. The van der Waals surface area contributed by atoms with Crippen LogP contribution in [0.1, 0.15) is 25.0 Å². The number of nitrogens with zero attached hydrogens (tertiary/aromatic N) is 2. The molecule has 43 heavy (non-hydrogen) atoms. The zero-order valence-electron chi connectivity index (χ0n) is 23.6. The Labute approximate surface area is 253 Å². The van der Waals surface area contributed by atoms with Crippen LogP contribution in [0.3, 0.4) is 0 Å². The van der Waals surface area contributed by atoms with E-state index in [9.17, 15) is 29.7 Å². The minimum atomic E-state index is -0.835. The molecule has 0 aliphatic rings. The van der Waals surface area contributed by atoms with E-state index in [0.717, 1.165) is 9.79 Å². The molecule has 220 valence electrons. The summed E-state index contributed by atoms with van der Waals surface area (Å²) >= 11 is 1.45. The van der Waals surface area contributed by atoms with Gasteiger partial charge in [0, 0.05) is 20.9 Å². The van der Waals surface area contributed by atoms with Crippen molar-refractivity contribution in [3.05, 3.63) is 95.1 Å². The monoisotopic (exact) mass is 600 g/mol. The lowest BCUT2D eigenvalue weighted by Crippen LogP contribution is -2.15. The maximum Gasteiger partial charge on any atom is 0.349 e. The van der Waals surface area contributed by atoms with Gasteiger partial charge in [-0.1, -0.05) is 49.2 Å².